The average Bonchev–Trinajstić information content (AvgIpc) is 2.30. The van der Waals surface area contributed by atoms with E-state index in [0.29, 0.717) is 0 Å². The highest BCUT2D eigenvalue weighted by Crippen LogP contribution is 2.21. The van der Waals surface area contributed by atoms with Crippen molar-refractivity contribution in [1.29, 1.82) is 0 Å². The average molecular weight is 279 g/mol. The first kappa shape index (κ1) is 16.0. The molecule has 0 radical (unpaired) electrons. The number of phenols is 1. The summed E-state index contributed by atoms with van der Waals surface area (Å²) in [5, 5.41) is 20.9. The van der Waals surface area contributed by atoms with E-state index in [4.69, 9.17) is 5.11 Å². The van der Waals surface area contributed by atoms with Crippen LogP contribution in [0.4, 0.5) is 0 Å². The molecular weight excluding hydrogens is 258 g/mol. The van der Waals surface area contributed by atoms with E-state index >= 15 is 0 Å². The predicted molar refractivity (Wildman–Crippen MR) is 75.4 cm³/mol. The minimum absolute atomic E-state index is 0.00219. The van der Waals surface area contributed by atoms with Crippen LogP contribution in [0.2, 0.25) is 0 Å². The molecule has 20 heavy (non-hydrogen) atoms. The van der Waals surface area contributed by atoms with Crippen LogP contribution in [-0.2, 0) is 16.0 Å². The molecule has 0 aliphatic rings. The lowest BCUT2D eigenvalue weighted by Crippen LogP contribution is -2.51. The van der Waals surface area contributed by atoms with Crippen LogP contribution in [0.25, 0.3) is 0 Å². The normalized spacial score (nSPS) is 13.8. The molecule has 5 heteroatoms. The second kappa shape index (κ2) is 6.41. The van der Waals surface area contributed by atoms with Gasteiger partial charge in [0.1, 0.15) is 5.75 Å². The Kier molecular flexibility index (Phi) is 5.13. The molecule has 5 nitrogen and oxygen atoms in total. The molecule has 110 valence electrons. The summed E-state index contributed by atoms with van der Waals surface area (Å²) >= 11 is 0. The Balaban J connectivity index is 2.71. The second-order valence-electron chi connectivity index (χ2n) is 5.53. The maximum Gasteiger partial charge on any atom is 0.305 e. The molecule has 0 saturated heterocycles. The summed E-state index contributed by atoms with van der Waals surface area (Å²) in [4.78, 5) is 22.9. The van der Waals surface area contributed by atoms with E-state index in [1.165, 1.54) is 12.1 Å². The van der Waals surface area contributed by atoms with Gasteiger partial charge in [-0.2, -0.15) is 0 Å². The minimum Gasteiger partial charge on any atom is -0.508 e. The molecule has 0 bridgehead atoms. The monoisotopic (exact) mass is 279 g/mol. The lowest BCUT2D eigenvalue weighted by atomic mass is 9.85. The van der Waals surface area contributed by atoms with Gasteiger partial charge in [-0.05, 0) is 30.5 Å². The van der Waals surface area contributed by atoms with Crippen molar-refractivity contribution in [3.05, 3.63) is 29.8 Å². The second-order valence-corrected chi connectivity index (χ2v) is 5.53. The van der Waals surface area contributed by atoms with Crippen LogP contribution in [0.1, 0.15) is 32.8 Å². The molecule has 0 heterocycles. The Hall–Kier alpha value is -2.04. The number of carbonyl (C=O) groups is 2. The van der Waals surface area contributed by atoms with Gasteiger partial charge in [0, 0.05) is 5.54 Å². The Morgan fingerprint density at radius 3 is 2.25 bits per heavy atom. The standard InChI is InChI=1S/C15H21NO4/c1-10(2)15(3,9-14(19)20)16-13(18)8-11-4-6-12(17)7-5-11/h4-7,10,17H,8-9H2,1-3H3,(H,16,18)(H,19,20). The quantitative estimate of drug-likeness (QED) is 0.742. The van der Waals surface area contributed by atoms with Gasteiger partial charge in [0.05, 0.1) is 12.8 Å². The lowest BCUT2D eigenvalue weighted by Gasteiger charge is -2.33. The molecule has 1 atom stereocenters. The molecule has 0 spiro atoms. The SMILES string of the molecule is CC(C)C(C)(CC(=O)O)NC(=O)Cc1ccc(O)cc1. The van der Waals surface area contributed by atoms with Gasteiger partial charge in [0.25, 0.3) is 0 Å². The van der Waals surface area contributed by atoms with Crippen LogP contribution < -0.4 is 5.32 Å². The Labute approximate surface area is 118 Å². The first-order valence-corrected chi connectivity index (χ1v) is 6.53. The first-order valence-electron chi connectivity index (χ1n) is 6.53. The summed E-state index contributed by atoms with van der Waals surface area (Å²) in [7, 11) is 0. The zero-order valence-electron chi connectivity index (χ0n) is 12.0. The van der Waals surface area contributed by atoms with Crippen LogP contribution >= 0.6 is 0 Å². The summed E-state index contributed by atoms with van der Waals surface area (Å²) in [5.41, 5.74) is -0.0124. The minimum atomic E-state index is -0.939. The van der Waals surface area contributed by atoms with Crippen LogP contribution in [0.15, 0.2) is 24.3 Å². The van der Waals surface area contributed by atoms with E-state index in [0.717, 1.165) is 5.56 Å². The molecule has 0 aromatic heterocycles. The lowest BCUT2D eigenvalue weighted by molar-refractivity contribution is -0.139. The third kappa shape index (κ3) is 4.57. The molecule has 1 aromatic carbocycles. The fourth-order valence-electron chi connectivity index (χ4n) is 1.87. The summed E-state index contributed by atoms with van der Waals surface area (Å²) < 4.78 is 0. The van der Waals surface area contributed by atoms with Gasteiger partial charge in [-0.15, -0.1) is 0 Å². The number of hydrogen-bond acceptors (Lipinski definition) is 3. The number of benzene rings is 1. The fourth-order valence-corrected chi connectivity index (χ4v) is 1.87. The summed E-state index contributed by atoms with van der Waals surface area (Å²) in [5.74, 6) is -1.02. The van der Waals surface area contributed by atoms with E-state index in [9.17, 15) is 14.7 Å². The van der Waals surface area contributed by atoms with Gasteiger partial charge in [-0.3, -0.25) is 9.59 Å². The molecule has 0 saturated carbocycles. The van der Waals surface area contributed by atoms with E-state index < -0.39 is 11.5 Å². The van der Waals surface area contributed by atoms with E-state index in [-0.39, 0.29) is 30.4 Å². The number of carbonyl (C=O) groups excluding carboxylic acids is 1. The number of nitrogens with one attached hydrogen (secondary N) is 1. The fraction of sp³-hybridized carbons (Fsp3) is 0.467. The van der Waals surface area contributed by atoms with Crippen molar-refractivity contribution in [3.8, 4) is 5.75 Å². The van der Waals surface area contributed by atoms with Crippen molar-refractivity contribution in [2.45, 2.75) is 39.2 Å². The zero-order chi connectivity index (χ0) is 15.3. The van der Waals surface area contributed by atoms with Gasteiger partial charge in [0.2, 0.25) is 5.91 Å². The molecule has 1 rings (SSSR count). The maximum atomic E-state index is 12.0. The molecule has 1 unspecified atom stereocenters. The van der Waals surface area contributed by atoms with Gasteiger partial charge >= 0.3 is 5.97 Å². The number of carboxylic acids is 1. The summed E-state index contributed by atoms with van der Waals surface area (Å²) in [6.07, 6.45) is 0.0359. The Morgan fingerprint density at radius 1 is 1.25 bits per heavy atom. The number of hydrogen-bond donors (Lipinski definition) is 3. The van der Waals surface area contributed by atoms with Crippen LogP contribution in [0, 0.1) is 5.92 Å². The maximum absolute atomic E-state index is 12.0. The zero-order valence-corrected chi connectivity index (χ0v) is 12.0. The van der Waals surface area contributed by atoms with Crippen molar-refractivity contribution in [3.63, 3.8) is 0 Å². The predicted octanol–water partition coefficient (Wildman–Crippen LogP) is 1.94. The van der Waals surface area contributed by atoms with Gasteiger partial charge in [0.15, 0.2) is 0 Å². The molecule has 3 N–H and O–H groups in total. The van der Waals surface area contributed by atoms with Crippen LogP contribution in [-0.4, -0.2) is 27.6 Å². The summed E-state index contributed by atoms with van der Waals surface area (Å²) in [6.45, 7) is 5.49. The van der Waals surface area contributed by atoms with Gasteiger partial charge in [-0.1, -0.05) is 26.0 Å². The van der Waals surface area contributed by atoms with Crippen molar-refractivity contribution in [2.24, 2.45) is 5.92 Å². The molecule has 0 aliphatic heterocycles. The third-order valence-corrected chi connectivity index (χ3v) is 3.52. The number of aliphatic carboxylic acids is 1. The molecule has 1 amide bonds. The highest BCUT2D eigenvalue weighted by Gasteiger charge is 2.32. The molecule has 0 aliphatic carbocycles. The highest BCUT2D eigenvalue weighted by molar-refractivity contribution is 5.80. The molecule has 1 aromatic rings. The first-order chi connectivity index (χ1) is 9.23. The van der Waals surface area contributed by atoms with E-state index in [2.05, 4.69) is 5.32 Å². The topological polar surface area (TPSA) is 86.6 Å². The van der Waals surface area contributed by atoms with Crippen molar-refractivity contribution in [1.82, 2.24) is 5.32 Å². The smallest absolute Gasteiger partial charge is 0.305 e. The number of rotatable bonds is 6. The Morgan fingerprint density at radius 2 is 1.80 bits per heavy atom. The number of aromatic hydroxyl groups is 1. The largest absolute Gasteiger partial charge is 0.508 e. The third-order valence-electron chi connectivity index (χ3n) is 3.52. The van der Waals surface area contributed by atoms with Crippen LogP contribution in [0.3, 0.4) is 0 Å². The molecule has 0 fully saturated rings. The van der Waals surface area contributed by atoms with Gasteiger partial charge in [-0.25, -0.2) is 0 Å². The van der Waals surface area contributed by atoms with Gasteiger partial charge < -0.3 is 15.5 Å². The van der Waals surface area contributed by atoms with Crippen molar-refractivity contribution >= 4 is 11.9 Å². The van der Waals surface area contributed by atoms with Crippen molar-refractivity contribution in [2.75, 3.05) is 0 Å². The van der Waals surface area contributed by atoms with Crippen LogP contribution in [0.5, 0.6) is 5.75 Å². The van der Waals surface area contributed by atoms with E-state index in [1.807, 2.05) is 13.8 Å². The highest BCUT2D eigenvalue weighted by atomic mass is 16.4. The Bertz CT molecular complexity index is 481. The number of amides is 1. The number of carboxylic acid groups (broad SMARTS) is 1. The summed E-state index contributed by atoms with van der Waals surface area (Å²) in [6, 6.07) is 6.36. The molecular formula is C15H21NO4. The number of phenolic OH excluding ortho intramolecular Hbond substituents is 1. The van der Waals surface area contributed by atoms with Crippen molar-refractivity contribution < 1.29 is 19.8 Å². The van der Waals surface area contributed by atoms with E-state index in [1.54, 1.807) is 19.1 Å².